The van der Waals surface area contributed by atoms with E-state index in [1.807, 2.05) is 0 Å². The van der Waals surface area contributed by atoms with Gasteiger partial charge < -0.3 is 14.8 Å². The van der Waals surface area contributed by atoms with E-state index in [1.54, 1.807) is 32.2 Å². The highest BCUT2D eigenvalue weighted by molar-refractivity contribution is 6.02. The summed E-state index contributed by atoms with van der Waals surface area (Å²) < 4.78 is 10.4. The van der Waals surface area contributed by atoms with E-state index in [-0.39, 0.29) is 17.9 Å². The molecule has 0 unspecified atom stereocenters. The fraction of sp³-hybridized carbons (Fsp3) is 0.609. The second-order valence-corrected chi connectivity index (χ2v) is 9.28. The molecule has 7 nitrogen and oxygen atoms in total. The van der Waals surface area contributed by atoms with E-state index in [2.05, 4.69) is 15.8 Å². The van der Waals surface area contributed by atoms with Gasteiger partial charge in [0, 0.05) is 17.3 Å². The van der Waals surface area contributed by atoms with Gasteiger partial charge in [0.25, 0.3) is 5.91 Å². The lowest BCUT2D eigenvalue weighted by molar-refractivity contribution is -0.125. The standard InChI is InChI=1S/C23H31N3O4/c1-14(25-26-22(28)19-5-4-18(29-2)10-20(19)30-3)6-21(27)24-23-11-15-7-16(12-23)9-17(8-15)13-23/h4-5,10,15-17H,6-9,11-13H2,1-3H3,(H,24,27)(H,26,28)/b25-14+. The van der Waals surface area contributed by atoms with Crippen LogP contribution in [0.2, 0.25) is 0 Å². The summed E-state index contributed by atoms with van der Waals surface area (Å²) in [5.74, 6) is 2.95. The normalized spacial score (nSPS) is 29.4. The predicted molar refractivity (Wildman–Crippen MR) is 114 cm³/mol. The summed E-state index contributed by atoms with van der Waals surface area (Å²) in [4.78, 5) is 25.2. The Bertz CT molecular complexity index is 829. The summed E-state index contributed by atoms with van der Waals surface area (Å²) in [6, 6.07) is 4.95. The van der Waals surface area contributed by atoms with Crippen molar-refractivity contribution in [2.45, 2.75) is 57.4 Å². The van der Waals surface area contributed by atoms with E-state index < -0.39 is 5.91 Å². The van der Waals surface area contributed by atoms with E-state index in [1.165, 1.54) is 26.4 Å². The third kappa shape index (κ3) is 4.30. The lowest BCUT2D eigenvalue weighted by Crippen LogP contribution is -2.60. The van der Waals surface area contributed by atoms with Crippen LogP contribution in [-0.4, -0.2) is 37.3 Å². The number of benzene rings is 1. The molecule has 30 heavy (non-hydrogen) atoms. The molecule has 0 heterocycles. The molecule has 7 heteroatoms. The maximum absolute atomic E-state index is 12.7. The zero-order chi connectivity index (χ0) is 21.3. The van der Waals surface area contributed by atoms with Crippen molar-refractivity contribution in [1.82, 2.24) is 10.7 Å². The smallest absolute Gasteiger partial charge is 0.275 e. The number of nitrogens with zero attached hydrogens (tertiary/aromatic N) is 1. The van der Waals surface area contributed by atoms with Crippen LogP contribution in [0.3, 0.4) is 0 Å². The Morgan fingerprint density at radius 3 is 2.27 bits per heavy atom. The maximum Gasteiger partial charge on any atom is 0.275 e. The van der Waals surface area contributed by atoms with Crippen LogP contribution in [0.15, 0.2) is 23.3 Å². The van der Waals surface area contributed by atoms with Gasteiger partial charge in [-0.15, -0.1) is 0 Å². The van der Waals surface area contributed by atoms with E-state index in [0.29, 0.717) is 22.8 Å². The Morgan fingerprint density at radius 2 is 1.70 bits per heavy atom. The number of hydrazone groups is 1. The molecule has 4 fully saturated rings. The van der Waals surface area contributed by atoms with Crippen molar-refractivity contribution < 1.29 is 19.1 Å². The van der Waals surface area contributed by atoms with Crippen LogP contribution < -0.4 is 20.2 Å². The third-order valence-electron chi connectivity index (χ3n) is 6.86. The third-order valence-corrected chi connectivity index (χ3v) is 6.86. The molecule has 2 N–H and O–H groups in total. The molecule has 0 spiro atoms. The first kappa shape index (κ1) is 20.7. The highest BCUT2D eigenvalue weighted by Crippen LogP contribution is 2.55. The van der Waals surface area contributed by atoms with Crippen molar-refractivity contribution >= 4 is 17.5 Å². The summed E-state index contributed by atoms with van der Waals surface area (Å²) in [6.07, 6.45) is 7.57. The van der Waals surface area contributed by atoms with Crippen molar-refractivity contribution in [1.29, 1.82) is 0 Å². The minimum atomic E-state index is -0.393. The van der Waals surface area contributed by atoms with Crippen LogP contribution in [0.4, 0.5) is 0 Å². The fourth-order valence-electron chi connectivity index (χ4n) is 6.07. The first-order valence-electron chi connectivity index (χ1n) is 10.8. The van der Waals surface area contributed by atoms with E-state index in [9.17, 15) is 9.59 Å². The average Bonchev–Trinajstić information content (AvgIpc) is 2.69. The summed E-state index contributed by atoms with van der Waals surface area (Å²) in [5.41, 5.74) is 3.44. The van der Waals surface area contributed by atoms with Gasteiger partial charge >= 0.3 is 0 Å². The molecule has 0 saturated heterocycles. The fourth-order valence-corrected chi connectivity index (χ4v) is 6.07. The Morgan fingerprint density at radius 1 is 1.07 bits per heavy atom. The molecule has 4 bridgehead atoms. The summed E-state index contributed by atoms with van der Waals surface area (Å²) in [6.45, 7) is 1.75. The largest absolute Gasteiger partial charge is 0.497 e. The lowest BCUT2D eigenvalue weighted by atomic mass is 9.53. The molecule has 162 valence electrons. The number of nitrogens with one attached hydrogen (secondary N) is 2. The summed E-state index contributed by atoms with van der Waals surface area (Å²) in [5, 5.41) is 7.46. The molecule has 5 rings (SSSR count). The highest BCUT2D eigenvalue weighted by Gasteiger charge is 2.51. The van der Waals surface area contributed by atoms with Crippen LogP contribution in [0.5, 0.6) is 11.5 Å². The first-order chi connectivity index (χ1) is 14.4. The first-order valence-corrected chi connectivity index (χ1v) is 10.8. The van der Waals surface area contributed by atoms with Crippen LogP contribution in [0.1, 0.15) is 62.2 Å². The molecule has 2 amide bonds. The zero-order valence-electron chi connectivity index (χ0n) is 18.0. The van der Waals surface area contributed by atoms with Gasteiger partial charge in [-0.2, -0.15) is 5.10 Å². The van der Waals surface area contributed by atoms with Crippen LogP contribution in [0.25, 0.3) is 0 Å². The van der Waals surface area contributed by atoms with E-state index in [4.69, 9.17) is 9.47 Å². The Kier molecular flexibility index (Phi) is 5.71. The molecule has 0 atom stereocenters. The molecule has 4 saturated carbocycles. The quantitative estimate of drug-likeness (QED) is 0.530. The Balaban J connectivity index is 1.33. The molecule has 0 aromatic heterocycles. The van der Waals surface area contributed by atoms with Crippen molar-refractivity contribution in [3.63, 3.8) is 0 Å². The lowest BCUT2D eigenvalue weighted by Gasteiger charge is -2.56. The number of hydrogen-bond donors (Lipinski definition) is 2. The van der Waals surface area contributed by atoms with Crippen LogP contribution >= 0.6 is 0 Å². The van der Waals surface area contributed by atoms with Crippen molar-refractivity contribution in [3.05, 3.63) is 23.8 Å². The van der Waals surface area contributed by atoms with Gasteiger partial charge in [-0.3, -0.25) is 9.59 Å². The van der Waals surface area contributed by atoms with Gasteiger partial charge in [-0.1, -0.05) is 0 Å². The van der Waals surface area contributed by atoms with Crippen LogP contribution in [-0.2, 0) is 4.79 Å². The summed E-state index contributed by atoms with van der Waals surface area (Å²) in [7, 11) is 3.05. The number of rotatable bonds is 7. The summed E-state index contributed by atoms with van der Waals surface area (Å²) >= 11 is 0. The number of methoxy groups -OCH3 is 2. The Labute approximate surface area is 177 Å². The van der Waals surface area contributed by atoms with Gasteiger partial charge in [0.15, 0.2) is 0 Å². The minimum absolute atomic E-state index is 0.00511. The second-order valence-electron chi connectivity index (χ2n) is 9.28. The van der Waals surface area contributed by atoms with Gasteiger partial charge in [0.1, 0.15) is 11.5 Å². The molecule has 0 aliphatic heterocycles. The number of hydrogen-bond acceptors (Lipinski definition) is 5. The Hall–Kier alpha value is -2.57. The topological polar surface area (TPSA) is 89.0 Å². The maximum atomic E-state index is 12.7. The molecule has 4 aliphatic carbocycles. The monoisotopic (exact) mass is 413 g/mol. The number of ether oxygens (including phenoxy) is 2. The molecule has 1 aromatic carbocycles. The number of carbonyl (C=O) groups excluding carboxylic acids is 2. The highest BCUT2D eigenvalue weighted by atomic mass is 16.5. The van der Waals surface area contributed by atoms with Gasteiger partial charge in [0.05, 0.1) is 26.2 Å². The van der Waals surface area contributed by atoms with Crippen molar-refractivity contribution in [3.8, 4) is 11.5 Å². The van der Waals surface area contributed by atoms with Crippen molar-refractivity contribution in [2.24, 2.45) is 22.9 Å². The van der Waals surface area contributed by atoms with E-state index in [0.717, 1.165) is 37.0 Å². The molecular weight excluding hydrogens is 382 g/mol. The molecule has 1 aromatic rings. The van der Waals surface area contributed by atoms with Gasteiger partial charge in [0.2, 0.25) is 5.91 Å². The molecular formula is C23H31N3O4. The molecule has 0 radical (unpaired) electrons. The SMILES string of the molecule is COc1ccc(C(=O)N/N=C(\C)CC(=O)NC23CC4CC(CC(C4)C2)C3)c(OC)c1. The predicted octanol–water partition coefficient (Wildman–Crippen LogP) is 3.28. The van der Waals surface area contributed by atoms with Crippen molar-refractivity contribution in [2.75, 3.05) is 14.2 Å². The minimum Gasteiger partial charge on any atom is -0.497 e. The van der Waals surface area contributed by atoms with Gasteiger partial charge in [-0.25, -0.2) is 5.43 Å². The van der Waals surface area contributed by atoms with Crippen LogP contribution in [0, 0.1) is 17.8 Å². The number of carbonyl (C=O) groups is 2. The van der Waals surface area contributed by atoms with E-state index >= 15 is 0 Å². The second kappa shape index (κ2) is 8.28. The molecule has 4 aliphatic rings. The average molecular weight is 414 g/mol. The zero-order valence-corrected chi connectivity index (χ0v) is 18.0. The number of amides is 2. The van der Waals surface area contributed by atoms with Gasteiger partial charge in [-0.05, 0) is 75.3 Å².